The zero-order chi connectivity index (χ0) is 18.2. The molecule has 1 aromatic rings. The zero-order valence-electron chi connectivity index (χ0n) is 14.1. The van der Waals surface area contributed by atoms with Gasteiger partial charge in [0.1, 0.15) is 5.00 Å². The number of hydrogen-bond donors (Lipinski definition) is 2. The van der Waals surface area contributed by atoms with E-state index in [0.29, 0.717) is 44.9 Å². The predicted octanol–water partition coefficient (Wildman–Crippen LogP) is 1.09. The van der Waals surface area contributed by atoms with Crippen molar-refractivity contribution in [3.05, 3.63) is 16.0 Å². The molecule has 1 saturated heterocycles. The molecule has 0 aliphatic carbocycles. The van der Waals surface area contributed by atoms with Crippen LogP contribution in [0.5, 0.6) is 0 Å². The van der Waals surface area contributed by atoms with E-state index in [1.807, 2.05) is 13.8 Å². The fraction of sp³-hybridized carbons (Fsp3) is 0.562. The monoisotopic (exact) mass is 368 g/mol. The number of aromatic carboxylic acids is 1. The molecule has 2 amide bonds. The van der Waals surface area contributed by atoms with Crippen molar-refractivity contribution in [1.29, 1.82) is 0 Å². The second-order valence-corrected chi connectivity index (χ2v) is 7.70. The summed E-state index contributed by atoms with van der Waals surface area (Å²) in [7, 11) is 0. The van der Waals surface area contributed by atoms with E-state index in [1.165, 1.54) is 4.90 Å². The molecule has 2 aliphatic rings. The Bertz CT molecular complexity index is 720. The lowest BCUT2D eigenvalue weighted by atomic mass is 9.93. The highest BCUT2D eigenvalue weighted by atomic mass is 32.1. The molecule has 0 aromatic carbocycles. The number of carboxylic acid groups (broad SMARTS) is 1. The third kappa shape index (κ3) is 3.68. The Morgan fingerprint density at radius 1 is 1.24 bits per heavy atom. The molecule has 9 heteroatoms. The second kappa shape index (κ2) is 6.74. The molecule has 0 atom stereocenters. The standard InChI is InChI=1S/C16H20N2O6S/c1-16(2)7-9-10(8-24-16)25-13(11(9)15(21)22)17-12(19)14(20)18-3-5-23-6-4-18/h3-8H2,1-2H3,(H,17,19)(H,21,22). The molecule has 0 saturated carbocycles. The van der Waals surface area contributed by atoms with E-state index < -0.39 is 23.4 Å². The summed E-state index contributed by atoms with van der Waals surface area (Å²) < 4.78 is 10.9. The van der Waals surface area contributed by atoms with Crippen LogP contribution in [-0.4, -0.2) is 59.7 Å². The van der Waals surface area contributed by atoms with Gasteiger partial charge in [-0.05, 0) is 19.4 Å². The lowest BCUT2D eigenvalue weighted by Gasteiger charge is -2.30. The lowest BCUT2D eigenvalue weighted by molar-refractivity contribution is -0.145. The molecule has 0 unspecified atom stereocenters. The van der Waals surface area contributed by atoms with E-state index in [0.717, 1.165) is 16.2 Å². The van der Waals surface area contributed by atoms with Gasteiger partial charge in [-0.3, -0.25) is 9.59 Å². The zero-order valence-corrected chi connectivity index (χ0v) is 14.9. The summed E-state index contributed by atoms with van der Waals surface area (Å²) in [5.41, 5.74) is 0.255. The Balaban J connectivity index is 1.83. The largest absolute Gasteiger partial charge is 0.478 e. The first kappa shape index (κ1) is 17.8. The van der Waals surface area contributed by atoms with Gasteiger partial charge in [0, 0.05) is 24.4 Å². The van der Waals surface area contributed by atoms with Crippen LogP contribution in [0.25, 0.3) is 0 Å². The van der Waals surface area contributed by atoms with Gasteiger partial charge >= 0.3 is 17.8 Å². The number of carbonyl (C=O) groups is 3. The number of carbonyl (C=O) groups excluding carboxylic acids is 2. The molecule has 3 heterocycles. The van der Waals surface area contributed by atoms with E-state index in [2.05, 4.69) is 5.32 Å². The number of anilines is 1. The van der Waals surface area contributed by atoms with Gasteiger partial charge in [0.25, 0.3) is 0 Å². The predicted molar refractivity (Wildman–Crippen MR) is 89.9 cm³/mol. The van der Waals surface area contributed by atoms with Gasteiger partial charge in [0.2, 0.25) is 0 Å². The average Bonchev–Trinajstić information content (AvgIpc) is 2.90. The van der Waals surface area contributed by atoms with Gasteiger partial charge in [-0.25, -0.2) is 4.79 Å². The van der Waals surface area contributed by atoms with E-state index in [1.54, 1.807) is 0 Å². The topological polar surface area (TPSA) is 105 Å². The third-order valence-corrected chi connectivity index (χ3v) is 5.34. The summed E-state index contributed by atoms with van der Waals surface area (Å²) in [6.07, 6.45) is 0.438. The highest BCUT2D eigenvalue weighted by Crippen LogP contribution is 2.40. The molecule has 0 bridgehead atoms. The van der Waals surface area contributed by atoms with Crippen LogP contribution in [0.2, 0.25) is 0 Å². The number of nitrogens with zero attached hydrogens (tertiary/aromatic N) is 1. The van der Waals surface area contributed by atoms with E-state index in [-0.39, 0.29) is 10.6 Å². The van der Waals surface area contributed by atoms with Crippen LogP contribution in [0.4, 0.5) is 5.00 Å². The highest BCUT2D eigenvalue weighted by molar-refractivity contribution is 7.17. The third-order valence-electron chi connectivity index (χ3n) is 4.22. The van der Waals surface area contributed by atoms with Crippen molar-refractivity contribution < 1.29 is 29.0 Å². The Hall–Kier alpha value is -1.97. The summed E-state index contributed by atoms with van der Waals surface area (Å²) in [6, 6.07) is 0. The van der Waals surface area contributed by atoms with Crippen molar-refractivity contribution in [1.82, 2.24) is 4.90 Å². The molecule has 136 valence electrons. The maximum Gasteiger partial charge on any atom is 0.339 e. The molecule has 2 N–H and O–H groups in total. The fourth-order valence-corrected chi connectivity index (χ4v) is 4.05. The van der Waals surface area contributed by atoms with Crippen molar-refractivity contribution in [2.75, 3.05) is 31.6 Å². The van der Waals surface area contributed by atoms with Crippen LogP contribution in [0, 0.1) is 0 Å². The molecular weight excluding hydrogens is 348 g/mol. The number of hydrogen-bond acceptors (Lipinski definition) is 6. The van der Waals surface area contributed by atoms with Gasteiger partial charge in [-0.1, -0.05) is 0 Å². The van der Waals surface area contributed by atoms with Crippen LogP contribution in [0.1, 0.15) is 34.6 Å². The van der Waals surface area contributed by atoms with Crippen molar-refractivity contribution in [2.45, 2.75) is 32.5 Å². The quantitative estimate of drug-likeness (QED) is 0.757. The van der Waals surface area contributed by atoms with Gasteiger partial charge in [0.05, 0.1) is 31.0 Å². The number of carboxylic acids is 1. The van der Waals surface area contributed by atoms with Crippen LogP contribution in [0.15, 0.2) is 0 Å². The molecule has 0 spiro atoms. The van der Waals surface area contributed by atoms with Crippen molar-refractivity contribution >= 4 is 34.1 Å². The van der Waals surface area contributed by atoms with Crippen molar-refractivity contribution in [2.24, 2.45) is 0 Å². The SMILES string of the molecule is CC1(C)Cc2c(sc(NC(=O)C(=O)N3CCOCC3)c2C(=O)O)CO1. The van der Waals surface area contributed by atoms with Gasteiger partial charge in [-0.2, -0.15) is 0 Å². The summed E-state index contributed by atoms with van der Waals surface area (Å²) >= 11 is 1.15. The lowest BCUT2D eigenvalue weighted by Crippen LogP contribution is -2.45. The van der Waals surface area contributed by atoms with Crippen LogP contribution in [0.3, 0.4) is 0 Å². The minimum absolute atomic E-state index is 0.0551. The molecular formula is C16H20N2O6S. The van der Waals surface area contributed by atoms with Crippen molar-refractivity contribution in [3.63, 3.8) is 0 Å². The number of nitrogens with one attached hydrogen (secondary N) is 1. The van der Waals surface area contributed by atoms with Gasteiger partial charge in [-0.15, -0.1) is 11.3 Å². The smallest absolute Gasteiger partial charge is 0.339 e. The summed E-state index contributed by atoms with van der Waals surface area (Å²) in [4.78, 5) is 38.4. The normalized spacial score (nSPS) is 19.2. The number of thiophene rings is 1. The first-order valence-electron chi connectivity index (χ1n) is 7.98. The molecule has 8 nitrogen and oxygen atoms in total. The first-order chi connectivity index (χ1) is 11.8. The van der Waals surface area contributed by atoms with Crippen LogP contribution >= 0.6 is 11.3 Å². The maximum absolute atomic E-state index is 12.3. The Labute approximate surface area is 148 Å². The number of ether oxygens (including phenoxy) is 2. The fourth-order valence-electron chi connectivity index (χ4n) is 2.93. The molecule has 0 radical (unpaired) electrons. The Kier molecular flexibility index (Phi) is 4.81. The maximum atomic E-state index is 12.3. The van der Waals surface area contributed by atoms with Crippen LogP contribution < -0.4 is 5.32 Å². The molecule has 25 heavy (non-hydrogen) atoms. The van der Waals surface area contributed by atoms with Crippen LogP contribution in [-0.2, 0) is 32.1 Å². The molecule has 3 rings (SSSR count). The first-order valence-corrected chi connectivity index (χ1v) is 8.80. The summed E-state index contributed by atoms with van der Waals surface area (Å²) in [5.74, 6) is -2.63. The Morgan fingerprint density at radius 2 is 1.92 bits per heavy atom. The molecule has 1 aromatic heterocycles. The summed E-state index contributed by atoms with van der Waals surface area (Å²) in [6.45, 7) is 5.54. The minimum atomic E-state index is -1.12. The van der Waals surface area contributed by atoms with Gasteiger partial charge < -0.3 is 24.8 Å². The van der Waals surface area contributed by atoms with E-state index >= 15 is 0 Å². The second-order valence-electron chi connectivity index (χ2n) is 6.60. The van der Waals surface area contributed by atoms with E-state index in [9.17, 15) is 19.5 Å². The Morgan fingerprint density at radius 3 is 2.56 bits per heavy atom. The number of morpholine rings is 1. The minimum Gasteiger partial charge on any atom is -0.478 e. The van der Waals surface area contributed by atoms with E-state index in [4.69, 9.17) is 9.47 Å². The van der Waals surface area contributed by atoms with Gasteiger partial charge in [0.15, 0.2) is 0 Å². The number of rotatable bonds is 2. The van der Waals surface area contributed by atoms with Crippen molar-refractivity contribution in [3.8, 4) is 0 Å². The average molecular weight is 368 g/mol. The number of amides is 2. The molecule has 2 aliphatic heterocycles. The highest BCUT2D eigenvalue weighted by Gasteiger charge is 2.34. The molecule has 1 fully saturated rings. The summed E-state index contributed by atoms with van der Waals surface area (Å²) in [5, 5.41) is 12.3. The number of fused-ring (bicyclic) bond motifs is 1.